The minimum Gasteiger partial charge on any atom is -0.481 e. The molecule has 42 heavy (non-hydrogen) atoms. The number of unbranched alkanes of at least 4 members (excludes halogenated alkanes) is 3. The molecule has 6 aliphatic rings. The van der Waals surface area contributed by atoms with Gasteiger partial charge in [-0.15, -0.1) is 6.42 Å². The summed E-state index contributed by atoms with van der Waals surface area (Å²) in [7, 11) is 0. The van der Waals surface area contributed by atoms with Gasteiger partial charge < -0.3 is 14.7 Å². The van der Waals surface area contributed by atoms with Crippen molar-refractivity contribution in [1.29, 1.82) is 0 Å². The molecule has 2 saturated carbocycles. The van der Waals surface area contributed by atoms with Gasteiger partial charge in [0.25, 0.3) is 0 Å². The van der Waals surface area contributed by atoms with Crippen molar-refractivity contribution in [2.45, 2.75) is 51.4 Å². The Kier molecular flexibility index (Phi) is 9.97. The molecule has 0 aromatic carbocycles. The molecular formula is C31H38N2O8S. The van der Waals surface area contributed by atoms with Crippen LogP contribution in [-0.2, 0) is 33.5 Å². The number of esters is 2. The van der Waals surface area contributed by atoms with E-state index in [9.17, 15) is 28.8 Å². The summed E-state index contributed by atoms with van der Waals surface area (Å²) in [6, 6.07) is 0. The number of imide groups is 1. The number of carbonyl (C=O) groups excluding carboxylic acids is 5. The van der Waals surface area contributed by atoms with Crippen molar-refractivity contribution in [2.24, 2.45) is 47.3 Å². The van der Waals surface area contributed by atoms with E-state index in [1.54, 1.807) is 0 Å². The van der Waals surface area contributed by atoms with E-state index in [2.05, 4.69) is 22.8 Å². The molecule has 2 heterocycles. The maximum Gasteiger partial charge on any atom is 0.318 e. The second-order valence-electron chi connectivity index (χ2n) is 11.9. The SMILES string of the molecule is C#CCN(CCCCCCN1C(=O)C2C(C1=O)[C@H]1C=C[C@@H]2C1)C(=O)CCC(=O)O.O=C1OC(=O)C2C1[C@@H]1C=C[C@H]2C1.S. The van der Waals surface area contributed by atoms with Crippen LogP contribution in [0.1, 0.15) is 51.4 Å². The number of terminal acetylenes is 1. The van der Waals surface area contributed by atoms with Gasteiger partial charge in [0.15, 0.2) is 0 Å². The van der Waals surface area contributed by atoms with Gasteiger partial charge in [-0.2, -0.15) is 13.5 Å². The number of cyclic esters (lactones) is 2. The molecule has 0 radical (unpaired) electrons. The number of carboxylic acid groups (broad SMARTS) is 1. The Morgan fingerprint density at radius 3 is 1.83 bits per heavy atom. The van der Waals surface area contributed by atoms with Crippen molar-refractivity contribution < 1.29 is 38.6 Å². The van der Waals surface area contributed by atoms with Crippen LogP contribution in [0.15, 0.2) is 24.3 Å². The fraction of sp³-hybridized carbons (Fsp3) is 0.613. The van der Waals surface area contributed by atoms with Crippen molar-refractivity contribution in [3.63, 3.8) is 0 Å². The molecule has 4 aliphatic carbocycles. The van der Waals surface area contributed by atoms with E-state index in [0.29, 0.717) is 13.1 Å². The van der Waals surface area contributed by atoms with Gasteiger partial charge in [0.2, 0.25) is 17.7 Å². The molecule has 4 fully saturated rings. The van der Waals surface area contributed by atoms with Gasteiger partial charge in [0, 0.05) is 19.5 Å². The number of allylic oxidation sites excluding steroid dienone is 4. The van der Waals surface area contributed by atoms with Gasteiger partial charge in [-0.05, 0) is 49.4 Å². The van der Waals surface area contributed by atoms with Crippen LogP contribution < -0.4 is 0 Å². The quantitative estimate of drug-likeness (QED) is 0.0955. The van der Waals surface area contributed by atoms with Gasteiger partial charge in [-0.3, -0.25) is 33.7 Å². The van der Waals surface area contributed by atoms with Crippen molar-refractivity contribution in [3.8, 4) is 12.3 Å². The van der Waals surface area contributed by atoms with Crippen LogP contribution in [0.4, 0.5) is 0 Å². The fourth-order valence-electron chi connectivity index (χ4n) is 7.58. The number of fused-ring (bicyclic) bond motifs is 10. The number of hydrogen-bond donors (Lipinski definition) is 1. The van der Waals surface area contributed by atoms with Gasteiger partial charge in [0.05, 0.1) is 36.6 Å². The second-order valence-corrected chi connectivity index (χ2v) is 11.9. The van der Waals surface area contributed by atoms with Gasteiger partial charge in [0.1, 0.15) is 0 Å². The molecule has 4 bridgehead atoms. The molecule has 226 valence electrons. The topological polar surface area (TPSA) is 138 Å². The Labute approximate surface area is 252 Å². The van der Waals surface area contributed by atoms with Crippen molar-refractivity contribution in [3.05, 3.63) is 24.3 Å². The lowest BCUT2D eigenvalue weighted by atomic mass is 9.85. The van der Waals surface area contributed by atoms with Crippen LogP contribution in [0.5, 0.6) is 0 Å². The Morgan fingerprint density at radius 1 is 0.833 bits per heavy atom. The molecule has 1 N–H and O–H groups in total. The molecule has 0 spiro atoms. The lowest BCUT2D eigenvalue weighted by Gasteiger charge is -2.20. The zero-order valence-electron chi connectivity index (χ0n) is 23.5. The molecule has 8 atom stereocenters. The number of amides is 3. The summed E-state index contributed by atoms with van der Waals surface area (Å²) in [6.45, 7) is 1.13. The highest BCUT2D eigenvalue weighted by molar-refractivity contribution is 7.59. The van der Waals surface area contributed by atoms with E-state index < -0.39 is 5.97 Å². The molecule has 2 saturated heterocycles. The zero-order valence-corrected chi connectivity index (χ0v) is 24.5. The second kappa shape index (κ2) is 13.3. The van der Waals surface area contributed by atoms with Crippen LogP contribution in [0, 0.1) is 59.7 Å². The number of ether oxygens (including phenoxy) is 1. The first kappa shape index (κ1) is 31.5. The zero-order chi connectivity index (χ0) is 29.3. The van der Waals surface area contributed by atoms with Crippen LogP contribution in [0.2, 0.25) is 0 Å². The lowest BCUT2D eigenvalue weighted by molar-refractivity contribution is -0.155. The molecule has 11 heteroatoms. The number of likely N-dealkylation sites (tertiary alicyclic amines) is 1. The summed E-state index contributed by atoms with van der Waals surface area (Å²) in [6.07, 6.45) is 18.5. The van der Waals surface area contributed by atoms with E-state index in [0.717, 1.165) is 38.5 Å². The average Bonchev–Trinajstić information content (AvgIpc) is 3.79. The first-order valence-electron chi connectivity index (χ1n) is 14.6. The minimum absolute atomic E-state index is 0. The summed E-state index contributed by atoms with van der Waals surface area (Å²) < 4.78 is 4.59. The average molecular weight is 599 g/mol. The predicted octanol–water partition coefficient (Wildman–Crippen LogP) is 2.30. The highest BCUT2D eigenvalue weighted by Crippen LogP contribution is 2.53. The third-order valence-electron chi connectivity index (χ3n) is 9.51. The third kappa shape index (κ3) is 6.05. The van der Waals surface area contributed by atoms with E-state index >= 15 is 0 Å². The highest BCUT2D eigenvalue weighted by atomic mass is 32.1. The molecule has 3 amide bonds. The number of carbonyl (C=O) groups is 6. The van der Waals surface area contributed by atoms with Crippen molar-refractivity contribution in [1.82, 2.24) is 9.80 Å². The first-order valence-corrected chi connectivity index (χ1v) is 14.6. The fourth-order valence-corrected chi connectivity index (χ4v) is 7.58. The van der Waals surface area contributed by atoms with E-state index in [1.807, 2.05) is 12.2 Å². The number of aliphatic carboxylic acids is 1. The summed E-state index contributed by atoms with van der Waals surface area (Å²) in [5.74, 6) is 1.07. The van der Waals surface area contributed by atoms with Crippen LogP contribution in [0.3, 0.4) is 0 Å². The third-order valence-corrected chi connectivity index (χ3v) is 9.51. The Balaban J connectivity index is 0.000000257. The Hall–Kier alpha value is -3.39. The molecule has 0 aromatic rings. The number of hydrogen-bond acceptors (Lipinski definition) is 7. The van der Waals surface area contributed by atoms with Gasteiger partial charge in [-0.25, -0.2) is 0 Å². The van der Waals surface area contributed by atoms with Crippen LogP contribution in [-0.4, -0.2) is 70.2 Å². The monoisotopic (exact) mass is 598 g/mol. The first-order chi connectivity index (χ1) is 19.7. The maximum atomic E-state index is 12.6. The minimum atomic E-state index is -1.00. The largest absolute Gasteiger partial charge is 0.481 e. The molecule has 6 rings (SSSR count). The summed E-state index contributed by atoms with van der Waals surface area (Å²) in [5.41, 5.74) is 0. The number of nitrogens with zero attached hydrogens (tertiary/aromatic N) is 2. The van der Waals surface area contributed by atoms with E-state index in [1.165, 1.54) is 9.80 Å². The molecule has 0 aromatic heterocycles. The van der Waals surface area contributed by atoms with Crippen LogP contribution >= 0.6 is 13.5 Å². The molecular weight excluding hydrogens is 560 g/mol. The number of carboxylic acids is 1. The van der Waals surface area contributed by atoms with Gasteiger partial charge in [-0.1, -0.05) is 43.1 Å². The van der Waals surface area contributed by atoms with E-state index in [4.69, 9.17) is 11.5 Å². The summed E-state index contributed by atoms with van der Waals surface area (Å²) >= 11 is 0. The maximum absolute atomic E-state index is 12.6. The number of rotatable bonds is 11. The summed E-state index contributed by atoms with van der Waals surface area (Å²) in [5, 5.41) is 8.69. The Bertz CT molecular complexity index is 1180. The van der Waals surface area contributed by atoms with Crippen molar-refractivity contribution in [2.75, 3.05) is 19.6 Å². The van der Waals surface area contributed by atoms with Crippen LogP contribution in [0.25, 0.3) is 0 Å². The Morgan fingerprint density at radius 2 is 1.33 bits per heavy atom. The molecule has 2 aliphatic heterocycles. The lowest BCUT2D eigenvalue weighted by Crippen LogP contribution is -2.34. The normalized spacial score (nSPS) is 32.2. The molecule has 4 unspecified atom stereocenters. The standard InChI is InChI=1S/C22H28N2O5.C9H8O3.H2S/c1-2-11-23(17(25)9-10-18(26)27)12-5-3-4-6-13-24-21(28)19-15-7-8-16(14-15)20(19)22(24)29;10-8-6-4-1-2-5(3-4)7(6)9(11)12-8;/h1,7-8,15-16,19-20H,3-6,9-14H2,(H,26,27);1-2,4-7H,3H2;1H2/t15-,16+,19?,20?;4-,5+,6?,7?;. The summed E-state index contributed by atoms with van der Waals surface area (Å²) in [4.78, 5) is 73.2. The molecule has 10 nitrogen and oxygen atoms in total. The predicted molar refractivity (Wildman–Crippen MR) is 154 cm³/mol. The smallest absolute Gasteiger partial charge is 0.318 e. The highest BCUT2D eigenvalue weighted by Gasteiger charge is 2.59. The van der Waals surface area contributed by atoms with E-state index in [-0.39, 0.29) is 110 Å². The van der Waals surface area contributed by atoms with Crippen molar-refractivity contribution >= 4 is 49.1 Å². The van der Waals surface area contributed by atoms with Gasteiger partial charge >= 0.3 is 17.9 Å².